The number of rotatable bonds is 7. The number of anilines is 1. The van der Waals surface area contributed by atoms with E-state index in [1.54, 1.807) is 67.0 Å². The molecule has 0 saturated heterocycles. The van der Waals surface area contributed by atoms with Gasteiger partial charge in [0.15, 0.2) is 5.78 Å². The van der Waals surface area contributed by atoms with Gasteiger partial charge in [-0.25, -0.2) is 8.42 Å². The number of halogens is 1. The van der Waals surface area contributed by atoms with Gasteiger partial charge in [0.2, 0.25) is 0 Å². The second kappa shape index (κ2) is 10.0. The van der Waals surface area contributed by atoms with Crippen LogP contribution in [0, 0.1) is 5.41 Å². The molecule has 0 bridgehead atoms. The quantitative estimate of drug-likeness (QED) is 0.159. The number of amidine groups is 1. The van der Waals surface area contributed by atoms with E-state index in [0.717, 1.165) is 16.5 Å². The van der Waals surface area contributed by atoms with Crippen LogP contribution in [-0.4, -0.2) is 29.6 Å². The Morgan fingerprint density at radius 1 is 1.05 bits per heavy atom. The second-order valence-electron chi connectivity index (χ2n) is 8.53. The van der Waals surface area contributed by atoms with Gasteiger partial charge in [-0.1, -0.05) is 42.5 Å². The summed E-state index contributed by atoms with van der Waals surface area (Å²) >= 11 is 0. The summed E-state index contributed by atoms with van der Waals surface area (Å²) < 4.78 is 31.0. The first-order chi connectivity index (χ1) is 17.2. The first kappa shape index (κ1) is 25.9. The lowest BCUT2D eigenvalue weighted by molar-refractivity contribution is 0.0994. The number of benzene rings is 3. The molecule has 0 unspecified atom stereocenters. The summed E-state index contributed by atoms with van der Waals surface area (Å²) in [6, 6.07) is 20.7. The molecule has 0 amide bonds. The number of aryl methyl sites for hydroxylation is 1. The Balaban J connectivity index is 0.00000320. The van der Waals surface area contributed by atoms with Crippen LogP contribution in [0.1, 0.15) is 21.5 Å². The average Bonchev–Trinajstić information content (AvgIpc) is 3.19. The molecule has 3 aromatic carbocycles. The van der Waals surface area contributed by atoms with Crippen LogP contribution in [0.5, 0.6) is 0 Å². The topological polar surface area (TPSA) is 131 Å². The molecule has 2 aromatic heterocycles. The molecule has 0 atom stereocenters. The molecule has 10 heteroatoms. The number of nitrogens with one attached hydrogen (secondary N) is 2. The first-order valence-corrected chi connectivity index (χ1v) is 12.6. The van der Waals surface area contributed by atoms with Crippen molar-refractivity contribution >= 4 is 61.5 Å². The van der Waals surface area contributed by atoms with Crippen LogP contribution in [0.4, 0.5) is 5.69 Å². The summed E-state index contributed by atoms with van der Waals surface area (Å²) in [5.74, 6) is -0.134. The molecular formula is C27H24ClN5O3S. The van der Waals surface area contributed by atoms with Gasteiger partial charge in [-0.3, -0.25) is 19.9 Å². The van der Waals surface area contributed by atoms with E-state index in [1.165, 1.54) is 6.07 Å². The van der Waals surface area contributed by atoms with Crippen LogP contribution in [-0.2, 0) is 23.5 Å². The van der Waals surface area contributed by atoms with Crippen molar-refractivity contribution < 1.29 is 13.2 Å². The van der Waals surface area contributed by atoms with Crippen molar-refractivity contribution in [3.05, 3.63) is 102 Å². The molecule has 0 aliphatic carbocycles. The van der Waals surface area contributed by atoms with E-state index in [0.29, 0.717) is 27.7 Å². The van der Waals surface area contributed by atoms with Crippen LogP contribution in [0.15, 0.2) is 90.1 Å². The summed E-state index contributed by atoms with van der Waals surface area (Å²) in [4.78, 5) is 17.5. The number of pyridine rings is 1. The van der Waals surface area contributed by atoms with Crippen LogP contribution >= 0.6 is 12.4 Å². The standard InChI is InChI=1S/C27H23N5O3S.ClH/c1-32-16-22(24(33)14-17-7-9-19(10-8-17)27(28)29)21-15-20(11-12-23(21)32)31-36(34,35)25-6-2-4-18-5-3-13-30-26(18)25;/h2-13,15-16,31H,14H2,1H3,(H3,28,29);1H. The fourth-order valence-electron chi connectivity index (χ4n) is 4.26. The fraction of sp³-hybridized carbons (Fsp3) is 0.0741. The number of nitrogen functional groups attached to an aromatic ring is 1. The Morgan fingerprint density at radius 3 is 2.51 bits per heavy atom. The maximum atomic E-state index is 13.2. The molecule has 0 fully saturated rings. The van der Waals surface area contributed by atoms with Gasteiger partial charge in [-0.05, 0) is 35.9 Å². The van der Waals surface area contributed by atoms with E-state index in [4.69, 9.17) is 11.1 Å². The molecule has 0 spiro atoms. The Hall–Kier alpha value is -4.21. The van der Waals surface area contributed by atoms with Crippen LogP contribution < -0.4 is 10.5 Å². The number of fused-ring (bicyclic) bond motifs is 2. The van der Waals surface area contributed by atoms with Crippen LogP contribution in [0.3, 0.4) is 0 Å². The lowest BCUT2D eigenvalue weighted by Gasteiger charge is -2.11. The number of hydrogen-bond acceptors (Lipinski definition) is 5. The minimum atomic E-state index is -3.93. The second-order valence-corrected chi connectivity index (χ2v) is 10.2. The maximum absolute atomic E-state index is 13.2. The number of Topliss-reactive ketones (excluding diaryl/α,β-unsaturated/α-hetero) is 1. The van der Waals surface area contributed by atoms with Crippen molar-refractivity contribution in [3.63, 3.8) is 0 Å². The Kier molecular flexibility index (Phi) is 7.02. The minimum Gasteiger partial charge on any atom is -0.384 e. The lowest BCUT2D eigenvalue weighted by atomic mass is 10.0. The molecule has 188 valence electrons. The van der Waals surface area contributed by atoms with Gasteiger partial charge < -0.3 is 10.3 Å². The van der Waals surface area contributed by atoms with Gasteiger partial charge in [0.1, 0.15) is 10.7 Å². The van der Waals surface area contributed by atoms with Crippen LogP contribution in [0.25, 0.3) is 21.8 Å². The van der Waals surface area contributed by atoms with Crippen molar-refractivity contribution in [2.45, 2.75) is 11.3 Å². The normalized spacial score (nSPS) is 11.3. The zero-order chi connectivity index (χ0) is 25.4. The van der Waals surface area contributed by atoms with Crippen molar-refractivity contribution in [2.75, 3.05) is 4.72 Å². The van der Waals surface area contributed by atoms with E-state index in [-0.39, 0.29) is 35.3 Å². The number of nitrogens with two attached hydrogens (primary N) is 1. The van der Waals surface area contributed by atoms with E-state index in [9.17, 15) is 13.2 Å². The molecular weight excluding hydrogens is 510 g/mol. The summed E-state index contributed by atoms with van der Waals surface area (Å²) in [6.45, 7) is 0. The molecule has 0 saturated carbocycles. The Labute approximate surface area is 220 Å². The molecule has 0 radical (unpaired) electrons. The number of ketones is 1. The molecule has 4 N–H and O–H groups in total. The average molecular weight is 534 g/mol. The van der Waals surface area contributed by atoms with Crippen LogP contribution in [0.2, 0.25) is 0 Å². The number of hydrogen-bond donors (Lipinski definition) is 3. The number of aromatic nitrogens is 2. The van der Waals surface area contributed by atoms with Gasteiger partial charge >= 0.3 is 0 Å². The molecule has 2 heterocycles. The van der Waals surface area contributed by atoms with Gasteiger partial charge in [0.05, 0.1) is 5.52 Å². The van der Waals surface area contributed by atoms with Gasteiger partial charge in [-0.2, -0.15) is 0 Å². The zero-order valence-corrected chi connectivity index (χ0v) is 21.4. The lowest BCUT2D eigenvalue weighted by Crippen LogP contribution is -2.13. The maximum Gasteiger partial charge on any atom is 0.264 e. The Morgan fingerprint density at radius 2 is 1.78 bits per heavy atom. The number of sulfonamides is 1. The molecule has 5 rings (SSSR count). The van der Waals surface area contributed by atoms with E-state index < -0.39 is 10.0 Å². The van der Waals surface area contributed by atoms with Gasteiger partial charge in [-0.15, -0.1) is 12.4 Å². The van der Waals surface area contributed by atoms with Crippen molar-refractivity contribution in [3.8, 4) is 0 Å². The highest BCUT2D eigenvalue weighted by Gasteiger charge is 2.20. The van der Waals surface area contributed by atoms with E-state index >= 15 is 0 Å². The highest BCUT2D eigenvalue weighted by molar-refractivity contribution is 7.93. The number of nitrogens with zero attached hydrogens (tertiary/aromatic N) is 2. The molecule has 0 aliphatic rings. The molecule has 5 aromatic rings. The number of carbonyl (C=O) groups is 1. The molecule has 0 aliphatic heterocycles. The molecule has 8 nitrogen and oxygen atoms in total. The minimum absolute atomic E-state index is 0. The highest BCUT2D eigenvalue weighted by atomic mass is 35.5. The van der Waals surface area contributed by atoms with Crippen molar-refractivity contribution in [1.29, 1.82) is 5.41 Å². The summed E-state index contributed by atoms with van der Waals surface area (Å²) in [7, 11) is -2.09. The predicted octanol–water partition coefficient (Wildman–Crippen LogP) is 4.66. The third-order valence-corrected chi connectivity index (χ3v) is 7.47. The monoisotopic (exact) mass is 533 g/mol. The highest BCUT2D eigenvalue weighted by Crippen LogP contribution is 2.28. The third kappa shape index (κ3) is 5.04. The zero-order valence-electron chi connectivity index (χ0n) is 19.8. The molecule has 37 heavy (non-hydrogen) atoms. The smallest absolute Gasteiger partial charge is 0.264 e. The summed E-state index contributed by atoms with van der Waals surface area (Å²) in [6.07, 6.45) is 3.47. The SMILES string of the molecule is Cl.Cn1cc(C(=O)Cc2ccc(C(=N)N)cc2)c2cc(NS(=O)(=O)c3cccc4cccnc34)ccc21. The largest absolute Gasteiger partial charge is 0.384 e. The Bertz CT molecular complexity index is 1760. The predicted molar refractivity (Wildman–Crippen MR) is 148 cm³/mol. The summed E-state index contributed by atoms with van der Waals surface area (Å²) in [5.41, 5.74) is 8.93. The number of para-hydroxylation sites is 1. The number of carbonyl (C=O) groups excluding carboxylic acids is 1. The van der Waals surface area contributed by atoms with Crippen molar-refractivity contribution in [2.24, 2.45) is 12.8 Å². The first-order valence-electron chi connectivity index (χ1n) is 11.1. The van der Waals surface area contributed by atoms with Gasteiger partial charge in [0.25, 0.3) is 10.0 Å². The van der Waals surface area contributed by atoms with Crippen molar-refractivity contribution in [1.82, 2.24) is 9.55 Å². The van der Waals surface area contributed by atoms with Gasteiger partial charge in [0, 0.05) is 59.0 Å². The van der Waals surface area contributed by atoms with E-state index in [2.05, 4.69) is 9.71 Å². The summed E-state index contributed by atoms with van der Waals surface area (Å²) in [5, 5.41) is 8.88. The fourth-order valence-corrected chi connectivity index (χ4v) is 5.49. The van der Waals surface area contributed by atoms with E-state index in [1.807, 2.05) is 23.7 Å². The third-order valence-electron chi connectivity index (χ3n) is 6.06.